The lowest BCUT2D eigenvalue weighted by Gasteiger charge is -2.41. The maximum absolute atomic E-state index is 13.1. The van der Waals surface area contributed by atoms with Crippen LogP contribution in [0.4, 0.5) is 0 Å². The number of carbonyl (C=O) groups excluding carboxylic acids is 1. The van der Waals surface area contributed by atoms with E-state index in [1.807, 2.05) is 51.7 Å². The summed E-state index contributed by atoms with van der Waals surface area (Å²) in [6, 6.07) is 8.07. The second kappa shape index (κ2) is 5.42. The van der Waals surface area contributed by atoms with Gasteiger partial charge in [0.1, 0.15) is 0 Å². The third kappa shape index (κ3) is 2.19. The highest BCUT2D eigenvalue weighted by Crippen LogP contribution is 2.31. The number of hydrogen-bond acceptors (Lipinski definition) is 4. The predicted octanol–water partition coefficient (Wildman–Crippen LogP) is 1.76. The molecule has 0 spiro atoms. The molecule has 0 saturated carbocycles. The highest BCUT2D eigenvalue weighted by molar-refractivity contribution is 6.06. The second-order valence-corrected chi connectivity index (χ2v) is 6.79. The van der Waals surface area contributed by atoms with Crippen LogP contribution < -0.4 is 0 Å². The molecule has 1 saturated heterocycles. The highest BCUT2D eigenvalue weighted by atomic mass is 16.5. The van der Waals surface area contributed by atoms with Gasteiger partial charge in [0, 0.05) is 42.8 Å². The quantitative estimate of drug-likeness (QED) is 0.679. The van der Waals surface area contributed by atoms with Crippen molar-refractivity contribution in [2.24, 2.45) is 7.05 Å². The molecule has 0 radical (unpaired) electrons. The Morgan fingerprint density at radius 2 is 2.24 bits per heavy atom. The van der Waals surface area contributed by atoms with Gasteiger partial charge in [-0.15, -0.1) is 5.10 Å². The summed E-state index contributed by atoms with van der Waals surface area (Å²) in [5, 5.41) is 9.18. The SMILES string of the molecule is Cn1ccc2c(C(=O)N3CC[C@H]4[C@H](C3)OCc3cnnn34)cccc21. The topological polar surface area (TPSA) is 65.2 Å². The summed E-state index contributed by atoms with van der Waals surface area (Å²) >= 11 is 0. The van der Waals surface area contributed by atoms with Crippen LogP contribution in [0, 0.1) is 0 Å². The van der Waals surface area contributed by atoms with Gasteiger partial charge in [-0.3, -0.25) is 4.79 Å². The number of rotatable bonds is 1. The summed E-state index contributed by atoms with van der Waals surface area (Å²) in [6.45, 7) is 1.79. The molecule has 0 aliphatic carbocycles. The first kappa shape index (κ1) is 14.7. The van der Waals surface area contributed by atoms with Crippen LogP contribution in [0.2, 0.25) is 0 Å². The summed E-state index contributed by atoms with van der Waals surface area (Å²) in [5.74, 6) is 0.0724. The van der Waals surface area contributed by atoms with Gasteiger partial charge < -0.3 is 14.2 Å². The van der Waals surface area contributed by atoms with Gasteiger partial charge in [-0.05, 0) is 24.6 Å². The molecule has 5 rings (SSSR count). The van der Waals surface area contributed by atoms with Gasteiger partial charge in [0.25, 0.3) is 5.91 Å². The molecule has 25 heavy (non-hydrogen) atoms. The number of aryl methyl sites for hydroxylation is 1. The average Bonchev–Trinajstić information content (AvgIpc) is 3.27. The number of benzene rings is 1. The number of amides is 1. The average molecular weight is 337 g/mol. The summed E-state index contributed by atoms with van der Waals surface area (Å²) in [6.07, 6.45) is 4.55. The summed E-state index contributed by atoms with van der Waals surface area (Å²) in [7, 11) is 1.99. The van der Waals surface area contributed by atoms with E-state index in [2.05, 4.69) is 10.3 Å². The lowest BCUT2D eigenvalue weighted by Crippen LogP contribution is -2.50. The molecule has 128 valence electrons. The van der Waals surface area contributed by atoms with E-state index >= 15 is 0 Å². The molecule has 1 aromatic carbocycles. The van der Waals surface area contributed by atoms with Gasteiger partial charge >= 0.3 is 0 Å². The molecule has 4 heterocycles. The van der Waals surface area contributed by atoms with Crippen molar-refractivity contribution >= 4 is 16.8 Å². The van der Waals surface area contributed by atoms with Gasteiger partial charge in [-0.2, -0.15) is 0 Å². The first-order valence-corrected chi connectivity index (χ1v) is 8.56. The Labute approximate surface area is 144 Å². The van der Waals surface area contributed by atoms with Crippen LogP contribution in [0.1, 0.15) is 28.5 Å². The molecular weight excluding hydrogens is 318 g/mol. The van der Waals surface area contributed by atoms with E-state index in [1.54, 1.807) is 6.20 Å². The van der Waals surface area contributed by atoms with E-state index in [-0.39, 0.29) is 18.1 Å². The Bertz CT molecular complexity index is 959. The minimum Gasteiger partial charge on any atom is -0.368 e. The van der Waals surface area contributed by atoms with Crippen molar-refractivity contribution < 1.29 is 9.53 Å². The Morgan fingerprint density at radius 3 is 3.16 bits per heavy atom. The van der Waals surface area contributed by atoms with E-state index in [0.717, 1.165) is 28.6 Å². The monoisotopic (exact) mass is 337 g/mol. The molecular formula is C18H19N5O2. The van der Waals surface area contributed by atoms with Crippen LogP contribution in [0.15, 0.2) is 36.7 Å². The standard InChI is InChI=1S/C18H19N5O2/c1-21-7-5-13-14(3-2-4-15(13)21)18(24)22-8-6-16-17(10-22)25-11-12-9-19-20-23(12)16/h2-5,7,9,16-17H,6,8,10-11H2,1H3/t16-,17-/m0/s1. The van der Waals surface area contributed by atoms with Gasteiger partial charge in [0.2, 0.25) is 0 Å². The fourth-order valence-electron chi connectivity index (χ4n) is 4.03. The smallest absolute Gasteiger partial charge is 0.254 e. The molecule has 2 aliphatic rings. The van der Waals surface area contributed by atoms with Crippen LogP contribution >= 0.6 is 0 Å². The van der Waals surface area contributed by atoms with E-state index in [4.69, 9.17) is 4.74 Å². The molecule has 2 aromatic heterocycles. The largest absolute Gasteiger partial charge is 0.368 e. The van der Waals surface area contributed by atoms with Crippen molar-refractivity contribution in [3.8, 4) is 0 Å². The van der Waals surface area contributed by atoms with Crippen molar-refractivity contribution in [2.45, 2.75) is 25.2 Å². The molecule has 1 fully saturated rings. The van der Waals surface area contributed by atoms with Gasteiger partial charge in [0.15, 0.2) is 0 Å². The maximum Gasteiger partial charge on any atom is 0.254 e. The molecule has 3 aromatic rings. The number of ether oxygens (including phenoxy) is 1. The van der Waals surface area contributed by atoms with Crippen molar-refractivity contribution in [3.63, 3.8) is 0 Å². The third-order valence-electron chi connectivity index (χ3n) is 5.38. The third-order valence-corrected chi connectivity index (χ3v) is 5.38. The minimum absolute atomic E-state index is 0.0260. The fourth-order valence-corrected chi connectivity index (χ4v) is 4.03. The van der Waals surface area contributed by atoms with E-state index in [0.29, 0.717) is 19.7 Å². The van der Waals surface area contributed by atoms with Crippen LogP contribution in [0.25, 0.3) is 10.9 Å². The fraction of sp³-hybridized carbons (Fsp3) is 0.389. The van der Waals surface area contributed by atoms with Crippen molar-refractivity contribution in [1.29, 1.82) is 0 Å². The molecule has 7 heteroatoms. The summed E-state index contributed by atoms with van der Waals surface area (Å²) in [5.41, 5.74) is 2.84. The Kier molecular flexibility index (Phi) is 3.18. The first-order chi connectivity index (χ1) is 12.2. The Hall–Kier alpha value is -2.67. The normalized spacial score (nSPS) is 22.7. The van der Waals surface area contributed by atoms with E-state index in [9.17, 15) is 4.79 Å². The van der Waals surface area contributed by atoms with E-state index in [1.165, 1.54) is 0 Å². The van der Waals surface area contributed by atoms with E-state index < -0.39 is 0 Å². The molecule has 1 amide bonds. The maximum atomic E-state index is 13.1. The van der Waals surface area contributed by atoms with Crippen LogP contribution in [-0.4, -0.2) is 49.6 Å². The van der Waals surface area contributed by atoms with Gasteiger partial charge in [0.05, 0.1) is 30.6 Å². The molecule has 2 atom stereocenters. The van der Waals surface area contributed by atoms with Crippen LogP contribution in [0.3, 0.4) is 0 Å². The Balaban J connectivity index is 1.42. The number of nitrogens with zero attached hydrogens (tertiary/aromatic N) is 5. The number of aromatic nitrogens is 4. The number of piperidine rings is 1. The zero-order valence-electron chi connectivity index (χ0n) is 14.0. The molecule has 2 aliphatic heterocycles. The minimum atomic E-state index is -0.0260. The number of hydrogen-bond donors (Lipinski definition) is 0. The zero-order valence-corrected chi connectivity index (χ0v) is 14.0. The lowest BCUT2D eigenvalue weighted by atomic mass is 9.99. The summed E-state index contributed by atoms with van der Waals surface area (Å²) in [4.78, 5) is 15.0. The molecule has 0 bridgehead atoms. The van der Waals surface area contributed by atoms with Crippen LogP contribution in [0.5, 0.6) is 0 Å². The first-order valence-electron chi connectivity index (χ1n) is 8.56. The second-order valence-electron chi connectivity index (χ2n) is 6.79. The van der Waals surface area contributed by atoms with Crippen molar-refractivity contribution in [2.75, 3.05) is 13.1 Å². The van der Waals surface area contributed by atoms with Gasteiger partial charge in [-0.25, -0.2) is 4.68 Å². The number of fused-ring (bicyclic) bond motifs is 4. The number of carbonyl (C=O) groups is 1. The predicted molar refractivity (Wildman–Crippen MR) is 91.1 cm³/mol. The highest BCUT2D eigenvalue weighted by Gasteiger charge is 2.38. The molecule has 0 N–H and O–H groups in total. The van der Waals surface area contributed by atoms with Crippen molar-refractivity contribution in [1.82, 2.24) is 24.5 Å². The van der Waals surface area contributed by atoms with Gasteiger partial charge in [-0.1, -0.05) is 11.3 Å². The zero-order chi connectivity index (χ0) is 17.0. The summed E-state index contributed by atoms with van der Waals surface area (Å²) < 4.78 is 9.98. The molecule has 0 unspecified atom stereocenters. The number of likely N-dealkylation sites (tertiary alicyclic amines) is 1. The Morgan fingerprint density at radius 1 is 1.32 bits per heavy atom. The lowest BCUT2D eigenvalue weighted by molar-refractivity contribution is -0.0627. The molecule has 7 nitrogen and oxygen atoms in total. The van der Waals surface area contributed by atoms with Crippen LogP contribution in [-0.2, 0) is 18.4 Å². The van der Waals surface area contributed by atoms with Crippen molar-refractivity contribution in [3.05, 3.63) is 47.9 Å².